The first-order valence-electron chi connectivity index (χ1n) is 6.95. The van der Waals surface area contributed by atoms with Crippen LogP contribution in [0.25, 0.3) is 0 Å². The maximum atomic E-state index is 12.5. The highest BCUT2D eigenvalue weighted by Gasteiger charge is 2.30. The highest BCUT2D eigenvalue weighted by molar-refractivity contribution is 5.89. The van der Waals surface area contributed by atoms with E-state index in [4.69, 9.17) is 4.74 Å². The van der Waals surface area contributed by atoms with E-state index in [-0.39, 0.29) is 11.7 Å². The number of rotatable bonds is 4. The molecule has 1 aromatic carbocycles. The summed E-state index contributed by atoms with van der Waals surface area (Å²) in [4.78, 5) is 12.5. The summed E-state index contributed by atoms with van der Waals surface area (Å²) in [5, 5.41) is 4.39. The van der Waals surface area contributed by atoms with Gasteiger partial charge in [-0.05, 0) is 18.6 Å². The van der Waals surface area contributed by atoms with Crippen LogP contribution in [0.15, 0.2) is 30.3 Å². The molecule has 2 aromatic rings. The molecule has 1 unspecified atom stereocenters. The lowest BCUT2D eigenvalue weighted by atomic mass is 9.94. The quantitative estimate of drug-likeness (QED) is 0.856. The molecule has 0 aliphatic carbocycles. The number of para-hydroxylation sites is 1. The molecule has 0 spiro atoms. The summed E-state index contributed by atoms with van der Waals surface area (Å²) < 4.78 is 7.39. The molecule has 0 amide bonds. The van der Waals surface area contributed by atoms with Crippen molar-refractivity contribution in [2.24, 2.45) is 7.05 Å². The summed E-state index contributed by atoms with van der Waals surface area (Å²) in [6.07, 6.45) is 1.29. The van der Waals surface area contributed by atoms with Crippen molar-refractivity contribution in [1.29, 1.82) is 0 Å². The molecule has 1 atom stereocenters. The molecular weight excluding hydrogens is 252 g/mol. The smallest absolute Gasteiger partial charge is 0.149 e. The average molecular weight is 270 g/mol. The largest absolute Gasteiger partial charge is 0.492 e. The standard InChI is InChI=1S/C16H18N2O2/c1-3-11-8-12(18(2)17-11)9-15(19)14-10-20-16-7-5-4-6-13(14)16/h4-8,14H,3,9-10H2,1-2H3. The minimum atomic E-state index is -0.147. The molecule has 4 heteroatoms. The van der Waals surface area contributed by atoms with E-state index in [1.165, 1.54) is 0 Å². The summed E-state index contributed by atoms with van der Waals surface area (Å²) in [5.41, 5.74) is 3.00. The fourth-order valence-corrected chi connectivity index (χ4v) is 2.64. The Bertz CT molecular complexity index is 646. The topological polar surface area (TPSA) is 44.1 Å². The first-order chi connectivity index (χ1) is 9.69. The molecule has 0 fully saturated rings. The lowest BCUT2D eigenvalue weighted by molar-refractivity contribution is -0.120. The van der Waals surface area contributed by atoms with Crippen LogP contribution in [0.3, 0.4) is 0 Å². The van der Waals surface area contributed by atoms with E-state index >= 15 is 0 Å². The van der Waals surface area contributed by atoms with Gasteiger partial charge in [0.15, 0.2) is 0 Å². The zero-order valence-corrected chi connectivity index (χ0v) is 11.8. The van der Waals surface area contributed by atoms with Crippen LogP contribution < -0.4 is 4.74 Å². The van der Waals surface area contributed by atoms with E-state index in [2.05, 4.69) is 12.0 Å². The van der Waals surface area contributed by atoms with Gasteiger partial charge in [0, 0.05) is 24.7 Å². The molecule has 104 valence electrons. The average Bonchev–Trinajstić information content (AvgIpc) is 3.03. The second-order valence-corrected chi connectivity index (χ2v) is 5.15. The molecule has 2 heterocycles. The number of Topliss-reactive ketones (excluding diaryl/α,β-unsaturated/α-hetero) is 1. The van der Waals surface area contributed by atoms with Crippen molar-refractivity contribution in [3.63, 3.8) is 0 Å². The maximum Gasteiger partial charge on any atom is 0.149 e. The number of carbonyl (C=O) groups is 1. The van der Waals surface area contributed by atoms with Crippen molar-refractivity contribution in [3.8, 4) is 5.75 Å². The summed E-state index contributed by atoms with van der Waals surface area (Å²) in [7, 11) is 1.89. The molecule has 0 radical (unpaired) electrons. The second-order valence-electron chi connectivity index (χ2n) is 5.15. The van der Waals surface area contributed by atoms with Crippen molar-refractivity contribution in [2.45, 2.75) is 25.7 Å². The zero-order chi connectivity index (χ0) is 14.1. The first-order valence-corrected chi connectivity index (χ1v) is 6.95. The molecule has 1 aromatic heterocycles. The van der Waals surface area contributed by atoms with Crippen molar-refractivity contribution in [2.75, 3.05) is 6.61 Å². The Morgan fingerprint density at radius 2 is 2.25 bits per heavy atom. The normalized spacial score (nSPS) is 16.8. The van der Waals surface area contributed by atoms with E-state index in [1.54, 1.807) is 4.68 Å². The summed E-state index contributed by atoms with van der Waals surface area (Å²) >= 11 is 0. The Morgan fingerprint density at radius 1 is 1.45 bits per heavy atom. The molecule has 0 saturated heterocycles. The van der Waals surface area contributed by atoms with E-state index in [9.17, 15) is 4.79 Å². The van der Waals surface area contributed by atoms with Crippen LogP contribution in [0.1, 0.15) is 29.8 Å². The lowest BCUT2D eigenvalue weighted by Gasteiger charge is -2.07. The summed E-state index contributed by atoms with van der Waals surface area (Å²) in [6.45, 7) is 2.52. The SMILES string of the molecule is CCc1cc(CC(=O)C2COc3ccccc32)n(C)n1. The van der Waals surface area contributed by atoms with Gasteiger partial charge in [-0.15, -0.1) is 0 Å². The second kappa shape index (κ2) is 5.12. The van der Waals surface area contributed by atoms with Crippen LogP contribution in [-0.2, 0) is 24.7 Å². The molecule has 0 saturated carbocycles. The number of hydrogen-bond acceptors (Lipinski definition) is 3. The van der Waals surface area contributed by atoms with E-state index in [0.29, 0.717) is 13.0 Å². The molecule has 1 aliphatic heterocycles. The monoisotopic (exact) mass is 270 g/mol. The third-order valence-corrected chi connectivity index (χ3v) is 3.83. The molecule has 3 rings (SSSR count). The van der Waals surface area contributed by atoms with Gasteiger partial charge < -0.3 is 4.74 Å². The van der Waals surface area contributed by atoms with Crippen LogP contribution in [0.5, 0.6) is 5.75 Å². The predicted molar refractivity (Wildman–Crippen MR) is 76.0 cm³/mol. The highest BCUT2D eigenvalue weighted by Crippen LogP contribution is 2.34. The van der Waals surface area contributed by atoms with Gasteiger partial charge in [-0.2, -0.15) is 5.10 Å². The Hall–Kier alpha value is -2.10. The number of aromatic nitrogens is 2. The number of carbonyl (C=O) groups excluding carboxylic acids is 1. The molecular formula is C16H18N2O2. The van der Waals surface area contributed by atoms with E-state index in [0.717, 1.165) is 29.1 Å². The van der Waals surface area contributed by atoms with E-state index in [1.807, 2.05) is 37.4 Å². The van der Waals surface area contributed by atoms with Gasteiger partial charge in [0.1, 0.15) is 18.1 Å². The summed E-state index contributed by atoms with van der Waals surface area (Å²) in [5.74, 6) is 0.886. The van der Waals surface area contributed by atoms with Crippen LogP contribution in [0.2, 0.25) is 0 Å². The molecule has 0 N–H and O–H groups in total. The van der Waals surface area contributed by atoms with Crippen molar-refractivity contribution >= 4 is 5.78 Å². The number of ether oxygens (including phenoxy) is 1. The fraction of sp³-hybridized carbons (Fsp3) is 0.375. The fourth-order valence-electron chi connectivity index (χ4n) is 2.64. The van der Waals surface area contributed by atoms with Crippen molar-refractivity contribution in [1.82, 2.24) is 9.78 Å². The molecule has 0 bridgehead atoms. The van der Waals surface area contributed by atoms with E-state index < -0.39 is 0 Å². The van der Waals surface area contributed by atoms with Gasteiger partial charge >= 0.3 is 0 Å². The van der Waals surface area contributed by atoms with Gasteiger partial charge in [0.05, 0.1) is 11.6 Å². The molecule has 20 heavy (non-hydrogen) atoms. The number of ketones is 1. The number of benzene rings is 1. The molecule has 1 aliphatic rings. The predicted octanol–water partition coefficient (Wildman–Crippen LogP) is 2.27. The first kappa shape index (κ1) is 12.9. The Balaban J connectivity index is 1.79. The number of aryl methyl sites for hydroxylation is 2. The van der Waals surface area contributed by atoms with Crippen LogP contribution >= 0.6 is 0 Å². The number of fused-ring (bicyclic) bond motifs is 1. The van der Waals surface area contributed by atoms with Crippen LogP contribution in [0.4, 0.5) is 0 Å². The van der Waals surface area contributed by atoms with Crippen LogP contribution in [-0.4, -0.2) is 22.2 Å². The van der Waals surface area contributed by atoms with Crippen LogP contribution in [0, 0.1) is 0 Å². The zero-order valence-electron chi connectivity index (χ0n) is 11.8. The van der Waals surface area contributed by atoms with Crippen molar-refractivity contribution in [3.05, 3.63) is 47.3 Å². The van der Waals surface area contributed by atoms with Gasteiger partial charge in [0.2, 0.25) is 0 Å². The van der Waals surface area contributed by atoms with Crippen molar-refractivity contribution < 1.29 is 9.53 Å². The Labute approximate surface area is 118 Å². The maximum absolute atomic E-state index is 12.5. The minimum absolute atomic E-state index is 0.147. The van der Waals surface area contributed by atoms with Gasteiger partial charge in [0.25, 0.3) is 0 Å². The Morgan fingerprint density at radius 3 is 3.00 bits per heavy atom. The lowest BCUT2D eigenvalue weighted by Crippen LogP contribution is -2.17. The summed E-state index contributed by atoms with van der Waals surface area (Å²) in [6, 6.07) is 9.79. The number of hydrogen-bond donors (Lipinski definition) is 0. The van der Waals surface area contributed by atoms with Gasteiger partial charge in [-0.3, -0.25) is 9.48 Å². The highest BCUT2D eigenvalue weighted by atomic mass is 16.5. The third-order valence-electron chi connectivity index (χ3n) is 3.83. The minimum Gasteiger partial charge on any atom is -0.492 e. The number of nitrogens with zero attached hydrogens (tertiary/aromatic N) is 2. The molecule has 4 nitrogen and oxygen atoms in total. The third kappa shape index (κ3) is 2.22. The Kier molecular flexibility index (Phi) is 3.30. The van der Waals surface area contributed by atoms with Gasteiger partial charge in [-0.1, -0.05) is 25.1 Å². The van der Waals surface area contributed by atoms with Gasteiger partial charge in [-0.25, -0.2) is 0 Å².